The highest BCUT2D eigenvalue weighted by atomic mass is 16.5. The van der Waals surface area contributed by atoms with Gasteiger partial charge in [0.1, 0.15) is 11.5 Å². The fourth-order valence-electron chi connectivity index (χ4n) is 2.93. The third-order valence-electron chi connectivity index (χ3n) is 4.54. The van der Waals surface area contributed by atoms with Crippen molar-refractivity contribution in [3.63, 3.8) is 0 Å². The fraction of sp³-hybridized carbons (Fsp3) is 0.0800. The average molecular weight is 427 g/mol. The summed E-state index contributed by atoms with van der Waals surface area (Å²) in [4.78, 5) is 16.8. The molecule has 1 N–H and O–H groups in total. The van der Waals surface area contributed by atoms with Crippen LogP contribution in [0.3, 0.4) is 0 Å². The van der Waals surface area contributed by atoms with E-state index in [1.165, 1.54) is 6.08 Å². The minimum atomic E-state index is -0.277. The molecular weight excluding hydrogens is 406 g/mol. The number of nitrogens with one attached hydrogen (secondary N) is 1. The quantitative estimate of drug-likeness (QED) is 0.399. The van der Waals surface area contributed by atoms with E-state index in [1.54, 1.807) is 25.3 Å². The Bertz CT molecular complexity index is 1200. The molecule has 0 aliphatic carbocycles. The number of para-hydroxylation sites is 2. The molecule has 0 saturated carbocycles. The van der Waals surface area contributed by atoms with Crippen LogP contribution in [0.5, 0.6) is 11.5 Å². The highest BCUT2D eigenvalue weighted by molar-refractivity contribution is 6.03. The van der Waals surface area contributed by atoms with Crippen molar-refractivity contribution in [3.05, 3.63) is 96.3 Å². The Balaban J connectivity index is 1.43. The summed E-state index contributed by atoms with van der Waals surface area (Å²) in [5.41, 5.74) is 2.07. The first-order valence-electron chi connectivity index (χ1n) is 9.94. The van der Waals surface area contributed by atoms with E-state index in [1.807, 2.05) is 66.7 Å². The van der Waals surface area contributed by atoms with E-state index in [9.17, 15) is 4.79 Å². The number of rotatable bonds is 8. The zero-order valence-corrected chi connectivity index (χ0v) is 17.4. The summed E-state index contributed by atoms with van der Waals surface area (Å²) in [5, 5.41) is 6.83. The minimum Gasteiger partial charge on any atom is -0.497 e. The molecule has 7 nitrogen and oxygen atoms in total. The number of methoxy groups -OCH3 is 1. The number of carbonyl (C=O) groups excluding carboxylic acids is 1. The second-order valence-corrected chi connectivity index (χ2v) is 6.76. The van der Waals surface area contributed by atoms with Gasteiger partial charge < -0.3 is 19.3 Å². The number of hydrogen-bond acceptors (Lipinski definition) is 6. The van der Waals surface area contributed by atoms with E-state index in [0.717, 1.165) is 17.1 Å². The molecule has 7 heteroatoms. The van der Waals surface area contributed by atoms with Crippen molar-refractivity contribution in [2.24, 2.45) is 0 Å². The summed E-state index contributed by atoms with van der Waals surface area (Å²) in [5.74, 6) is 1.90. The Kier molecular flexibility index (Phi) is 6.57. The second-order valence-electron chi connectivity index (χ2n) is 6.76. The maximum Gasteiger partial charge on any atom is 0.260 e. The highest BCUT2D eigenvalue weighted by Crippen LogP contribution is 2.26. The summed E-state index contributed by atoms with van der Waals surface area (Å²) >= 11 is 0. The van der Waals surface area contributed by atoms with E-state index in [2.05, 4.69) is 15.5 Å². The molecule has 160 valence electrons. The van der Waals surface area contributed by atoms with Crippen molar-refractivity contribution in [2.75, 3.05) is 12.4 Å². The van der Waals surface area contributed by atoms with E-state index in [0.29, 0.717) is 23.0 Å². The molecule has 0 aliphatic heterocycles. The van der Waals surface area contributed by atoms with E-state index in [4.69, 9.17) is 14.0 Å². The van der Waals surface area contributed by atoms with Gasteiger partial charge >= 0.3 is 0 Å². The fourth-order valence-corrected chi connectivity index (χ4v) is 2.93. The zero-order valence-electron chi connectivity index (χ0n) is 17.4. The van der Waals surface area contributed by atoms with Crippen LogP contribution in [0.15, 0.2) is 89.5 Å². The third kappa shape index (κ3) is 5.40. The molecule has 0 atom stereocenters. The van der Waals surface area contributed by atoms with E-state index < -0.39 is 0 Å². The first-order chi connectivity index (χ1) is 15.7. The van der Waals surface area contributed by atoms with Crippen molar-refractivity contribution in [1.82, 2.24) is 10.1 Å². The summed E-state index contributed by atoms with van der Waals surface area (Å²) in [6.45, 7) is 0.173. The number of nitrogens with zero attached hydrogens (tertiary/aromatic N) is 2. The van der Waals surface area contributed by atoms with Crippen molar-refractivity contribution in [2.45, 2.75) is 6.61 Å². The molecule has 0 bridgehead atoms. The van der Waals surface area contributed by atoms with Gasteiger partial charge in [0.15, 0.2) is 6.61 Å². The molecule has 1 amide bonds. The van der Waals surface area contributed by atoms with Crippen LogP contribution < -0.4 is 14.8 Å². The number of aromatic nitrogens is 2. The van der Waals surface area contributed by atoms with Gasteiger partial charge in [-0.15, -0.1) is 0 Å². The predicted molar refractivity (Wildman–Crippen MR) is 121 cm³/mol. The molecule has 0 radical (unpaired) electrons. The molecule has 4 aromatic rings. The van der Waals surface area contributed by atoms with Gasteiger partial charge in [0.2, 0.25) is 11.7 Å². The number of amides is 1. The third-order valence-corrected chi connectivity index (χ3v) is 4.54. The Morgan fingerprint density at radius 3 is 2.50 bits per heavy atom. The van der Waals surface area contributed by atoms with Gasteiger partial charge in [0, 0.05) is 6.08 Å². The molecule has 4 rings (SSSR count). The van der Waals surface area contributed by atoms with Crippen molar-refractivity contribution < 1.29 is 18.8 Å². The molecule has 0 spiro atoms. The van der Waals surface area contributed by atoms with E-state index in [-0.39, 0.29) is 12.5 Å². The lowest BCUT2D eigenvalue weighted by Gasteiger charge is -2.06. The highest BCUT2D eigenvalue weighted by Gasteiger charge is 2.14. The summed E-state index contributed by atoms with van der Waals surface area (Å²) in [7, 11) is 1.61. The molecule has 1 aromatic heterocycles. The van der Waals surface area contributed by atoms with E-state index >= 15 is 0 Å². The number of ether oxygens (including phenoxy) is 2. The predicted octanol–water partition coefficient (Wildman–Crippen LogP) is 4.98. The van der Waals surface area contributed by atoms with Crippen LogP contribution >= 0.6 is 0 Å². The molecule has 1 heterocycles. The normalized spacial score (nSPS) is 10.8. The minimum absolute atomic E-state index is 0.173. The summed E-state index contributed by atoms with van der Waals surface area (Å²) in [6.07, 6.45) is 3.19. The Labute approximate surface area is 185 Å². The Hall–Kier alpha value is -4.39. The zero-order chi connectivity index (χ0) is 22.2. The number of benzene rings is 3. The van der Waals surface area contributed by atoms with Crippen LogP contribution in [0.1, 0.15) is 11.4 Å². The molecule has 0 saturated heterocycles. The van der Waals surface area contributed by atoms with Crippen molar-refractivity contribution >= 4 is 17.7 Å². The smallest absolute Gasteiger partial charge is 0.260 e. The maximum atomic E-state index is 12.4. The summed E-state index contributed by atoms with van der Waals surface area (Å²) < 4.78 is 16.2. The van der Waals surface area contributed by atoms with Crippen LogP contribution in [0.2, 0.25) is 0 Å². The van der Waals surface area contributed by atoms with Crippen molar-refractivity contribution in [3.8, 4) is 23.0 Å². The van der Waals surface area contributed by atoms with Gasteiger partial charge in [-0.2, -0.15) is 4.98 Å². The van der Waals surface area contributed by atoms with Crippen LogP contribution in [0, 0.1) is 0 Å². The van der Waals surface area contributed by atoms with Gasteiger partial charge in [-0.25, -0.2) is 0 Å². The van der Waals surface area contributed by atoms with Crippen LogP contribution in [-0.4, -0.2) is 23.2 Å². The topological polar surface area (TPSA) is 86.5 Å². The average Bonchev–Trinajstić information content (AvgIpc) is 3.32. The van der Waals surface area contributed by atoms with Gasteiger partial charge in [0.05, 0.1) is 18.4 Å². The lowest BCUT2D eigenvalue weighted by Crippen LogP contribution is -2.08. The van der Waals surface area contributed by atoms with Crippen LogP contribution in [0.25, 0.3) is 17.5 Å². The van der Waals surface area contributed by atoms with Gasteiger partial charge in [0.25, 0.3) is 5.89 Å². The molecule has 0 aliphatic rings. The lowest BCUT2D eigenvalue weighted by molar-refractivity contribution is -0.111. The number of carbonyl (C=O) groups is 1. The number of hydrogen-bond donors (Lipinski definition) is 1. The maximum absolute atomic E-state index is 12.4. The standard InChI is InChI=1S/C25H21N3O4/c1-30-19-14-11-18(12-15-19)13-16-24(29)26-22-10-6-5-9-21(22)25-27-23(28-32-25)17-31-20-7-3-2-4-8-20/h2-16H,17H2,1H3,(H,26,29)/b16-13+. The first-order valence-corrected chi connectivity index (χ1v) is 9.94. The van der Waals surface area contributed by atoms with Gasteiger partial charge in [-0.05, 0) is 48.0 Å². The first kappa shape index (κ1) is 20.9. The number of anilines is 1. The SMILES string of the molecule is COc1ccc(/C=C/C(=O)Nc2ccccc2-c2nc(COc3ccccc3)no2)cc1. The molecule has 32 heavy (non-hydrogen) atoms. The lowest BCUT2D eigenvalue weighted by atomic mass is 10.1. The van der Waals surface area contributed by atoms with Crippen LogP contribution in [-0.2, 0) is 11.4 Å². The van der Waals surface area contributed by atoms with Gasteiger partial charge in [-0.1, -0.05) is 47.6 Å². The second kappa shape index (κ2) is 10.1. The monoisotopic (exact) mass is 427 g/mol. The Morgan fingerprint density at radius 1 is 0.969 bits per heavy atom. The molecular formula is C25H21N3O4. The van der Waals surface area contributed by atoms with Crippen molar-refractivity contribution in [1.29, 1.82) is 0 Å². The largest absolute Gasteiger partial charge is 0.497 e. The molecule has 0 fully saturated rings. The molecule has 0 unspecified atom stereocenters. The summed E-state index contributed by atoms with van der Waals surface area (Å²) in [6, 6.07) is 24.0. The van der Waals surface area contributed by atoms with Crippen LogP contribution in [0.4, 0.5) is 5.69 Å². The van der Waals surface area contributed by atoms with Gasteiger partial charge in [-0.3, -0.25) is 4.79 Å². The molecule has 3 aromatic carbocycles. The Morgan fingerprint density at radius 2 is 1.72 bits per heavy atom.